The summed E-state index contributed by atoms with van der Waals surface area (Å²) in [6, 6.07) is 3.78. The molecule has 2 atom stereocenters. The van der Waals surface area contributed by atoms with Crippen molar-refractivity contribution in [1.29, 1.82) is 0 Å². The van der Waals surface area contributed by atoms with Gasteiger partial charge < -0.3 is 5.32 Å². The van der Waals surface area contributed by atoms with Gasteiger partial charge in [-0.25, -0.2) is 4.98 Å². The highest BCUT2D eigenvalue weighted by Gasteiger charge is 2.12. The Morgan fingerprint density at radius 3 is 2.88 bits per heavy atom. The zero-order chi connectivity index (χ0) is 12.1. The summed E-state index contributed by atoms with van der Waals surface area (Å²) >= 11 is 0. The third kappa shape index (κ3) is 4.06. The summed E-state index contributed by atoms with van der Waals surface area (Å²) in [5, 5.41) is 2.59. The molecule has 4 nitrogen and oxygen atoms in total. The predicted molar refractivity (Wildman–Crippen MR) is 60.1 cm³/mol. The predicted octanol–water partition coefficient (Wildman–Crippen LogP) is 0.717. The topological polar surface area (TPSA) is 59.1 Å². The van der Waals surface area contributed by atoms with Gasteiger partial charge in [0, 0.05) is 28.9 Å². The van der Waals surface area contributed by atoms with Gasteiger partial charge in [-0.3, -0.25) is 9.00 Å². The second kappa shape index (κ2) is 5.69. The highest BCUT2D eigenvalue weighted by molar-refractivity contribution is 7.84. The third-order valence-electron chi connectivity index (χ3n) is 1.81. The number of amides is 1. The largest absolute Gasteiger partial charge is 0.347 e. The number of halogens is 1. The van der Waals surface area contributed by atoms with Crippen molar-refractivity contribution in [2.45, 2.75) is 13.0 Å². The SMILES string of the molecule is CC(CS(C)=O)NC(=O)c1cccc(F)n1. The number of nitrogens with zero attached hydrogens (tertiary/aromatic N) is 1. The number of aromatic nitrogens is 1. The summed E-state index contributed by atoms with van der Waals surface area (Å²) < 4.78 is 23.6. The van der Waals surface area contributed by atoms with Crippen LogP contribution in [0.4, 0.5) is 4.39 Å². The summed E-state index contributed by atoms with van der Waals surface area (Å²) in [5.41, 5.74) is 0.0220. The summed E-state index contributed by atoms with van der Waals surface area (Å²) in [7, 11) is -0.982. The van der Waals surface area contributed by atoms with Crippen molar-refractivity contribution in [3.8, 4) is 0 Å². The Kier molecular flexibility index (Phi) is 4.54. The van der Waals surface area contributed by atoms with Crippen LogP contribution in [0.15, 0.2) is 18.2 Å². The van der Waals surface area contributed by atoms with E-state index in [1.54, 1.807) is 13.2 Å². The lowest BCUT2D eigenvalue weighted by Gasteiger charge is -2.11. The van der Waals surface area contributed by atoms with E-state index in [-0.39, 0.29) is 11.7 Å². The minimum absolute atomic E-state index is 0.0220. The molecule has 0 fully saturated rings. The number of rotatable bonds is 4. The van der Waals surface area contributed by atoms with Gasteiger partial charge in [-0.05, 0) is 19.1 Å². The summed E-state index contributed by atoms with van der Waals surface area (Å²) in [6.07, 6.45) is 1.56. The molecule has 0 bridgehead atoms. The first kappa shape index (κ1) is 12.8. The molecular formula is C10H13FN2O2S. The maximum Gasteiger partial charge on any atom is 0.270 e. The molecule has 2 unspecified atom stereocenters. The maximum atomic E-state index is 12.7. The molecule has 1 amide bonds. The molecule has 0 aromatic carbocycles. The van der Waals surface area contributed by atoms with Gasteiger partial charge in [-0.1, -0.05) is 6.07 Å². The van der Waals surface area contributed by atoms with E-state index in [4.69, 9.17) is 0 Å². The van der Waals surface area contributed by atoms with E-state index in [0.29, 0.717) is 5.75 Å². The molecular weight excluding hydrogens is 231 g/mol. The monoisotopic (exact) mass is 244 g/mol. The standard InChI is InChI=1S/C10H13FN2O2S/c1-7(6-16(2)15)12-10(14)8-4-3-5-9(11)13-8/h3-5,7H,6H2,1-2H3,(H,12,14). The van der Waals surface area contributed by atoms with Crippen LogP contribution in [0.3, 0.4) is 0 Å². The van der Waals surface area contributed by atoms with Crippen molar-refractivity contribution in [3.05, 3.63) is 29.8 Å². The van der Waals surface area contributed by atoms with Crippen molar-refractivity contribution >= 4 is 16.7 Å². The molecule has 88 valence electrons. The van der Waals surface area contributed by atoms with Crippen LogP contribution in [0.2, 0.25) is 0 Å². The van der Waals surface area contributed by atoms with E-state index in [9.17, 15) is 13.4 Å². The van der Waals surface area contributed by atoms with Gasteiger partial charge in [0.2, 0.25) is 5.95 Å². The van der Waals surface area contributed by atoms with Crippen molar-refractivity contribution in [2.24, 2.45) is 0 Å². The van der Waals surface area contributed by atoms with Gasteiger partial charge >= 0.3 is 0 Å². The zero-order valence-electron chi connectivity index (χ0n) is 9.07. The number of carbonyl (C=O) groups is 1. The van der Waals surface area contributed by atoms with Crippen molar-refractivity contribution in [2.75, 3.05) is 12.0 Å². The van der Waals surface area contributed by atoms with Crippen molar-refractivity contribution in [1.82, 2.24) is 10.3 Å². The lowest BCUT2D eigenvalue weighted by atomic mass is 10.3. The number of pyridine rings is 1. The van der Waals surface area contributed by atoms with Crippen LogP contribution >= 0.6 is 0 Å². The normalized spacial score (nSPS) is 14.2. The fourth-order valence-corrected chi connectivity index (χ4v) is 2.01. The van der Waals surface area contributed by atoms with Crippen LogP contribution in [0.5, 0.6) is 0 Å². The van der Waals surface area contributed by atoms with E-state index in [1.165, 1.54) is 18.2 Å². The average Bonchev–Trinajstić information content (AvgIpc) is 2.16. The van der Waals surface area contributed by atoms with Gasteiger partial charge in [-0.2, -0.15) is 4.39 Å². The molecule has 6 heteroatoms. The Labute approximate surface area is 95.7 Å². The Bertz CT molecular complexity index is 412. The number of carbonyl (C=O) groups excluding carboxylic acids is 1. The smallest absolute Gasteiger partial charge is 0.270 e. The molecule has 0 spiro atoms. The Morgan fingerprint density at radius 1 is 1.62 bits per heavy atom. The first-order chi connectivity index (χ1) is 7.49. The highest BCUT2D eigenvalue weighted by Crippen LogP contribution is 1.98. The van der Waals surface area contributed by atoms with E-state index in [1.807, 2.05) is 0 Å². The molecule has 16 heavy (non-hydrogen) atoms. The Morgan fingerprint density at radius 2 is 2.31 bits per heavy atom. The van der Waals surface area contributed by atoms with Gasteiger partial charge in [0.05, 0.1) is 0 Å². The van der Waals surface area contributed by atoms with E-state index in [2.05, 4.69) is 10.3 Å². The molecule has 0 aliphatic rings. The lowest BCUT2D eigenvalue weighted by Crippen LogP contribution is -2.36. The molecule has 0 aliphatic heterocycles. The molecule has 0 aliphatic carbocycles. The first-order valence-corrected chi connectivity index (χ1v) is 6.45. The summed E-state index contributed by atoms with van der Waals surface area (Å²) in [6.45, 7) is 1.73. The summed E-state index contributed by atoms with van der Waals surface area (Å²) in [4.78, 5) is 15.0. The third-order valence-corrected chi connectivity index (χ3v) is 2.78. The van der Waals surface area contributed by atoms with E-state index in [0.717, 1.165) is 0 Å². The lowest BCUT2D eigenvalue weighted by molar-refractivity contribution is 0.0937. The van der Waals surface area contributed by atoms with Crippen molar-refractivity contribution < 1.29 is 13.4 Å². The highest BCUT2D eigenvalue weighted by atomic mass is 32.2. The molecule has 0 saturated carbocycles. The molecule has 1 aromatic heterocycles. The number of nitrogens with one attached hydrogen (secondary N) is 1. The van der Waals surface area contributed by atoms with Crippen LogP contribution in [-0.2, 0) is 10.8 Å². The average molecular weight is 244 g/mol. The fraction of sp³-hybridized carbons (Fsp3) is 0.400. The first-order valence-electron chi connectivity index (χ1n) is 4.72. The van der Waals surface area contributed by atoms with Crippen LogP contribution in [-0.4, -0.2) is 33.2 Å². The molecule has 1 heterocycles. The number of hydrogen-bond acceptors (Lipinski definition) is 3. The van der Waals surface area contributed by atoms with Crippen LogP contribution in [0, 0.1) is 5.95 Å². The fourth-order valence-electron chi connectivity index (χ4n) is 1.23. The molecule has 1 rings (SSSR count). The van der Waals surface area contributed by atoms with Gasteiger partial charge in [-0.15, -0.1) is 0 Å². The van der Waals surface area contributed by atoms with Crippen LogP contribution < -0.4 is 5.32 Å². The molecule has 0 radical (unpaired) electrons. The quantitative estimate of drug-likeness (QED) is 0.794. The number of hydrogen-bond donors (Lipinski definition) is 1. The Balaban J connectivity index is 2.62. The van der Waals surface area contributed by atoms with E-state index >= 15 is 0 Å². The molecule has 1 N–H and O–H groups in total. The minimum atomic E-state index is -0.982. The Hall–Kier alpha value is -1.30. The van der Waals surface area contributed by atoms with E-state index < -0.39 is 22.7 Å². The zero-order valence-corrected chi connectivity index (χ0v) is 9.88. The summed E-state index contributed by atoms with van der Waals surface area (Å²) in [5.74, 6) is -0.794. The molecule has 1 aromatic rings. The minimum Gasteiger partial charge on any atom is -0.347 e. The maximum absolute atomic E-state index is 12.7. The van der Waals surface area contributed by atoms with Gasteiger partial charge in [0.15, 0.2) is 0 Å². The van der Waals surface area contributed by atoms with Gasteiger partial charge in [0.1, 0.15) is 5.69 Å². The second-order valence-corrected chi connectivity index (χ2v) is 4.94. The van der Waals surface area contributed by atoms with Crippen LogP contribution in [0.25, 0.3) is 0 Å². The second-order valence-electron chi connectivity index (χ2n) is 3.46. The molecule has 0 saturated heterocycles. The van der Waals surface area contributed by atoms with Crippen LogP contribution in [0.1, 0.15) is 17.4 Å². The van der Waals surface area contributed by atoms with Gasteiger partial charge in [0.25, 0.3) is 5.91 Å². The van der Waals surface area contributed by atoms with Crippen molar-refractivity contribution in [3.63, 3.8) is 0 Å².